The Morgan fingerprint density at radius 3 is 2.21 bits per heavy atom. The van der Waals surface area contributed by atoms with Crippen LogP contribution in [0.25, 0.3) is 0 Å². The number of nitrogens with one attached hydrogen (secondary N) is 1. The molecule has 5 nitrogen and oxygen atoms in total. The third kappa shape index (κ3) is 3.91. The van der Waals surface area contributed by atoms with Gasteiger partial charge in [-0.1, -0.05) is 20.8 Å². The Hall–Kier alpha value is -0.170. The zero-order chi connectivity index (χ0) is 11.4. The van der Waals surface area contributed by atoms with Crippen molar-refractivity contribution in [2.45, 2.75) is 26.8 Å². The predicted molar refractivity (Wildman–Crippen MR) is 56.1 cm³/mol. The van der Waals surface area contributed by atoms with Gasteiger partial charge in [0.2, 0.25) is 0 Å². The largest absolute Gasteiger partial charge is 0.395 e. The summed E-state index contributed by atoms with van der Waals surface area (Å²) < 4.78 is 26.7. The minimum atomic E-state index is -3.44. The fourth-order valence-electron chi connectivity index (χ4n) is 0.835. The molecule has 1 atom stereocenters. The van der Waals surface area contributed by atoms with E-state index in [1.807, 2.05) is 13.8 Å². The van der Waals surface area contributed by atoms with Crippen molar-refractivity contribution >= 4 is 10.2 Å². The number of aliphatic hydroxyl groups is 1. The van der Waals surface area contributed by atoms with Crippen molar-refractivity contribution in [3.63, 3.8) is 0 Å². The Balaban J connectivity index is 4.48. The lowest BCUT2D eigenvalue weighted by Crippen LogP contribution is -2.47. The molecule has 0 aromatic heterocycles. The van der Waals surface area contributed by atoms with Gasteiger partial charge >= 0.3 is 0 Å². The van der Waals surface area contributed by atoms with Crippen LogP contribution in [-0.4, -0.2) is 44.1 Å². The zero-order valence-electron chi connectivity index (χ0n) is 9.19. The van der Waals surface area contributed by atoms with Crippen LogP contribution in [0.15, 0.2) is 0 Å². The first-order valence-corrected chi connectivity index (χ1v) is 6.13. The number of nitrogens with zero attached hydrogens (tertiary/aromatic N) is 1. The Labute approximate surface area is 86.3 Å². The van der Waals surface area contributed by atoms with E-state index < -0.39 is 16.3 Å². The molecule has 0 aromatic carbocycles. The zero-order valence-corrected chi connectivity index (χ0v) is 10.0. The van der Waals surface area contributed by atoms with Crippen LogP contribution in [0.4, 0.5) is 0 Å². The first-order chi connectivity index (χ1) is 6.35. The lowest BCUT2D eigenvalue weighted by atomic mass is 10.1. The number of rotatable bonds is 6. The Bertz CT molecular complexity index is 251. The van der Waals surface area contributed by atoms with Crippen LogP contribution in [-0.2, 0) is 10.2 Å². The molecule has 86 valence electrons. The van der Waals surface area contributed by atoms with Gasteiger partial charge in [0.1, 0.15) is 0 Å². The number of hydrogen-bond acceptors (Lipinski definition) is 3. The maximum absolute atomic E-state index is 11.5. The summed E-state index contributed by atoms with van der Waals surface area (Å²) in [5.74, 6) is 0.0695. The van der Waals surface area contributed by atoms with Gasteiger partial charge in [-0.15, -0.1) is 0 Å². The van der Waals surface area contributed by atoms with Gasteiger partial charge in [-0.3, -0.25) is 0 Å². The van der Waals surface area contributed by atoms with Crippen molar-refractivity contribution in [2.75, 3.05) is 20.2 Å². The van der Waals surface area contributed by atoms with E-state index in [1.54, 1.807) is 6.92 Å². The van der Waals surface area contributed by atoms with Gasteiger partial charge in [0.05, 0.1) is 6.61 Å². The highest BCUT2D eigenvalue weighted by Gasteiger charge is 2.22. The standard InChI is InChI=1S/C8H20N2O3S/c1-5-10(4)14(12,13)9-8(6-11)7(2)3/h7-9,11H,5-6H2,1-4H3/t8-/m1/s1. The lowest BCUT2D eigenvalue weighted by molar-refractivity contribution is 0.225. The minimum Gasteiger partial charge on any atom is -0.395 e. The monoisotopic (exact) mass is 224 g/mol. The third-order valence-electron chi connectivity index (χ3n) is 2.16. The molecular formula is C8H20N2O3S. The van der Waals surface area contributed by atoms with E-state index in [0.717, 1.165) is 0 Å². The maximum atomic E-state index is 11.5. The van der Waals surface area contributed by atoms with Crippen LogP contribution < -0.4 is 4.72 Å². The van der Waals surface area contributed by atoms with Gasteiger partial charge in [-0.05, 0) is 5.92 Å². The van der Waals surface area contributed by atoms with Crippen LogP contribution in [0.1, 0.15) is 20.8 Å². The second kappa shape index (κ2) is 5.65. The molecule has 0 amide bonds. The smallest absolute Gasteiger partial charge is 0.279 e. The summed E-state index contributed by atoms with van der Waals surface area (Å²) in [6.45, 7) is 5.69. The highest BCUT2D eigenvalue weighted by Crippen LogP contribution is 2.04. The van der Waals surface area contributed by atoms with Crippen LogP contribution >= 0.6 is 0 Å². The highest BCUT2D eigenvalue weighted by molar-refractivity contribution is 7.87. The Morgan fingerprint density at radius 1 is 1.43 bits per heavy atom. The molecule has 0 saturated carbocycles. The molecule has 2 N–H and O–H groups in total. The topological polar surface area (TPSA) is 69.6 Å². The van der Waals surface area contributed by atoms with Gasteiger partial charge < -0.3 is 5.11 Å². The normalized spacial score (nSPS) is 15.1. The van der Waals surface area contributed by atoms with Crippen molar-refractivity contribution in [1.29, 1.82) is 0 Å². The van der Waals surface area contributed by atoms with Crippen LogP contribution in [0.3, 0.4) is 0 Å². The summed E-state index contributed by atoms with van der Waals surface area (Å²) >= 11 is 0. The van der Waals surface area contributed by atoms with Crippen molar-refractivity contribution in [1.82, 2.24) is 9.03 Å². The first-order valence-electron chi connectivity index (χ1n) is 4.69. The van der Waals surface area contributed by atoms with Crippen molar-refractivity contribution in [2.24, 2.45) is 5.92 Å². The molecule has 14 heavy (non-hydrogen) atoms. The average molecular weight is 224 g/mol. The number of hydrogen-bond donors (Lipinski definition) is 2. The van der Waals surface area contributed by atoms with Crippen LogP contribution in [0.2, 0.25) is 0 Å². The predicted octanol–water partition coefficient (Wildman–Crippen LogP) is -0.211. The lowest BCUT2D eigenvalue weighted by Gasteiger charge is -2.23. The van der Waals surface area contributed by atoms with Crippen LogP contribution in [0.5, 0.6) is 0 Å². The molecule has 0 saturated heterocycles. The summed E-state index contributed by atoms with van der Waals surface area (Å²) in [7, 11) is -1.95. The quantitative estimate of drug-likeness (QED) is 0.656. The molecular weight excluding hydrogens is 204 g/mol. The molecule has 6 heteroatoms. The van der Waals surface area contributed by atoms with E-state index in [-0.39, 0.29) is 12.5 Å². The molecule has 0 aliphatic heterocycles. The first kappa shape index (κ1) is 13.8. The van der Waals surface area contributed by atoms with E-state index in [0.29, 0.717) is 6.54 Å². The third-order valence-corrected chi connectivity index (χ3v) is 3.84. The Morgan fingerprint density at radius 2 is 1.93 bits per heavy atom. The summed E-state index contributed by atoms with van der Waals surface area (Å²) in [5, 5.41) is 8.97. The number of aliphatic hydroxyl groups excluding tert-OH is 1. The molecule has 0 rings (SSSR count). The molecule has 0 fully saturated rings. The average Bonchev–Trinajstić information content (AvgIpc) is 2.12. The van der Waals surface area contributed by atoms with Gasteiger partial charge in [-0.25, -0.2) is 0 Å². The summed E-state index contributed by atoms with van der Waals surface area (Å²) in [4.78, 5) is 0. The second-order valence-electron chi connectivity index (χ2n) is 3.57. The molecule has 0 heterocycles. The highest BCUT2D eigenvalue weighted by atomic mass is 32.2. The van der Waals surface area contributed by atoms with Crippen molar-refractivity contribution < 1.29 is 13.5 Å². The molecule has 0 radical (unpaired) electrons. The summed E-state index contributed by atoms with van der Waals surface area (Å²) in [5.41, 5.74) is 0. The molecule has 0 aliphatic rings. The fourth-order valence-corrected chi connectivity index (χ4v) is 2.08. The van der Waals surface area contributed by atoms with E-state index in [1.165, 1.54) is 11.4 Å². The van der Waals surface area contributed by atoms with Gasteiger partial charge in [0.15, 0.2) is 0 Å². The van der Waals surface area contributed by atoms with Crippen molar-refractivity contribution in [3.8, 4) is 0 Å². The Kier molecular flexibility index (Phi) is 5.58. The SMILES string of the molecule is CCN(C)S(=O)(=O)N[C@H](CO)C(C)C. The molecule has 0 spiro atoms. The molecule has 0 unspecified atom stereocenters. The van der Waals surface area contributed by atoms with E-state index in [4.69, 9.17) is 5.11 Å². The molecule has 0 bridgehead atoms. The second-order valence-corrected chi connectivity index (χ2v) is 5.38. The van der Waals surface area contributed by atoms with Gasteiger partial charge in [0.25, 0.3) is 10.2 Å². The van der Waals surface area contributed by atoms with Crippen LogP contribution in [0, 0.1) is 5.92 Å². The molecule has 0 aliphatic carbocycles. The summed E-state index contributed by atoms with van der Waals surface area (Å²) in [6.07, 6.45) is 0. The summed E-state index contributed by atoms with van der Waals surface area (Å²) in [6, 6.07) is -0.422. The van der Waals surface area contributed by atoms with Crippen molar-refractivity contribution in [3.05, 3.63) is 0 Å². The molecule has 0 aromatic rings. The van der Waals surface area contributed by atoms with E-state index >= 15 is 0 Å². The fraction of sp³-hybridized carbons (Fsp3) is 1.00. The van der Waals surface area contributed by atoms with Gasteiger partial charge in [-0.2, -0.15) is 17.4 Å². The minimum absolute atomic E-state index is 0.0695. The van der Waals surface area contributed by atoms with E-state index in [9.17, 15) is 8.42 Å². The van der Waals surface area contributed by atoms with Gasteiger partial charge in [0, 0.05) is 19.6 Å². The maximum Gasteiger partial charge on any atom is 0.279 e. The van der Waals surface area contributed by atoms with E-state index in [2.05, 4.69) is 4.72 Å².